The third kappa shape index (κ3) is 3.15. The third-order valence-corrected chi connectivity index (χ3v) is 4.41. The molecule has 1 aliphatic carbocycles. The zero-order valence-corrected chi connectivity index (χ0v) is 13.9. The van der Waals surface area contributed by atoms with Crippen molar-refractivity contribution >= 4 is 11.6 Å². The van der Waals surface area contributed by atoms with Gasteiger partial charge in [0.15, 0.2) is 5.82 Å². The van der Waals surface area contributed by atoms with Crippen molar-refractivity contribution < 1.29 is 4.74 Å². The number of ether oxygens (including phenoxy) is 1. The van der Waals surface area contributed by atoms with E-state index in [-0.39, 0.29) is 11.0 Å². The molecule has 1 heterocycles. The second kappa shape index (κ2) is 5.61. The summed E-state index contributed by atoms with van der Waals surface area (Å²) in [4.78, 5) is 9.26. The minimum atomic E-state index is -0.372. The van der Waals surface area contributed by atoms with Crippen LogP contribution in [0.2, 0.25) is 5.15 Å². The van der Waals surface area contributed by atoms with Gasteiger partial charge in [0.25, 0.3) is 0 Å². The van der Waals surface area contributed by atoms with E-state index in [0.717, 1.165) is 30.8 Å². The molecule has 1 fully saturated rings. The first-order valence-electron chi connectivity index (χ1n) is 7.37. The molecule has 0 bridgehead atoms. The van der Waals surface area contributed by atoms with Crippen LogP contribution in [0.5, 0.6) is 0 Å². The van der Waals surface area contributed by atoms with Gasteiger partial charge in [0.1, 0.15) is 10.8 Å². The van der Waals surface area contributed by atoms with Gasteiger partial charge in [0, 0.05) is 12.5 Å². The fourth-order valence-electron chi connectivity index (χ4n) is 2.99. The van der Waals surface area contributed by atoms with E-state index in [0.29, 0.717) is 11.1 Å². The molecular formula is C16H25ClN2O. The summed E-state index contributed by atoms with van der Waals surface area (Å²) in [5.41, 5.74) is 0.557. The van der Waals surface area contributed by atoms with Crippen LogP contribution in [-0.2, 0) is 15.8 Å². The predicted molar refractivity (Wildman–Crippen MR) is 82.1 cm³/mol. The van der Waals surface area contributed by atoms with E-state index in [1.54, 1.807) is 7.11 Å². The van der Waals surface area contributed by atoms with E-state index in [2.05, 4.69) is 32.7 Å². The molecule has 112 valence electrons. The highest BCUT2D eigenvalue weighted by Gasteiger charge is 2.40. The molecule has 20 heavy (non-hydrogen) atoms. The van der Waals surface area contributed by atoms with Crippen molar-refractivity contribution in [2.24, 2.45) is 5.92 Å². The van der Waals surface area contributed by atoms with Gasteiger partial charge in [-0.3, -0.25) is 0 Å². The molecular weight excluding hydrogens is 272 g/mol. The summed E-state index contributed by atoms with van der Waals surface area (Å²) < 4.78 is 5.87. The number of hydrogen-bond donors (Lipinski definition) is 0. The summed E-state index contributed by atoms with van der Waals surface area (Å²) in [6, 6.07) is 1.86. The zero-order valence-electron chi connectivity index (χ0n) is 13.2. The topological polar surface area (TPSA) is 35.0 Å². The molecule has 0 aliphatic heterocycles. The van der Waals surface area contributed by atoms with Gasteiger partial charge in [-0.1, -0.05) is 45.7 Å². The van der Waals surface area contributed by atoms with E-state index in [9.17, 15) is 0 Å². The van der Waals surface area contributed by atoms with Crippen molar-refractivity contribution in [3.63, 3.8) is 0 Å². The Morgan fingerprint density at radius 1 is 1.35 bits per heavy atom. The highest BCUT2D eigenvalue weighted by molar-refractivity contribution is 6.29. The molecule has 4 heteroatoms. The van der Waals surface area contributed by atoms with Crippen LogP contribution in [0.4, 0.5) is 0 Å². The maximum absolute atomic E-state index is 6.22. The standard InChI is InChI=1S/C16H25ClN2O/c1-11-7-6-8-16(10-11,20-5)14-18-12(15(2,3)4)9-13(17)19-14/h9,11H,6-8,10H2,1-5H3. The molecule has 0 amide bonds. The Bertz CT molecular complexity index is 484. The van der Waals surface area contributed by atoms with Crippen LogP contribution in [0.25, 0.3) is 0 Å². The van der Waals surface area contributed by atoms with Crippen molar-refractivity contribution in [1.82, 2.24) is 9.97 Å². The van der Waals surface area contributed by atoms with Gasteiger partial charge >= 0.3 is 0 Å². The average Bonchev–Trinajstić information content (AvgIpc) is 2.36. The first-order valence-corrected chi connectivity index (χ1v) is 7.75. The highest BCUT2D eigenvalue weighted by Crippen LogP contribution is 2.41. The number of rotatable bonds is 2. The lowest BCUT2D eigenvalue weighted by Gasteiger charge is -2.38. The van der Waals surface area contributed by atoms with Crippen molar-refractivity contribution in [2.45, 2.75) is 64.4 Å². The van der Waals surface area contributed by atoms with Crippen LogP contribution in [0.3, 0.4) is 0 Å². The number of aromatic nitrogens is 2. The van der Waals surface area contributed by atoms with Crippen molar-refractivity contribution in [2.75, 3.05) is 7.11 Å². The van der Waals surface area contributed by atoms with Crippen LogP contribution < -0.4 is 0 Å². The Morgan fingerprint density at radius 3 is 2.60 bits per heavy atom. The fourth-order valence-corrected chi connectivity index (χ4v) is 3.17. The first kappa shape index (κ1) is 15.7. The quantitative estimate of drug-likeness (QED) is 0.755. The maximum Gasteiger partial charge on any atom is 0.162 e. The van der Waals surface area contributed by atoms with Gasteiger partial charge in [0.2, 0.25) is 0 Å². The summed E-state index contributed by atoms with van der Waals surface area (Å²) in [7, 11) is 1.76. The Balaban J connectivity index is 2.47. The number of nitrogens with zero attached hydrogens (tertiary/aromatic N) is 2. The van der Waals surface area contributed by atoms with Crippen molar-refractivity contribution in [3.05, 3.63) is 22.7 Å². The Kier molecular flexibility index (Phi) is 4.41. The van der Waals surface area contributed by atoms with E-state index in [4.69, 9.17) is 21.3 Å². The van der Waals surface area contributed by atoms with Gasteiger partial charge < -0.3 is 4.74 Å². The third-order valence-electron chi connectivity index (χ3n) is 4.22. The largest absolute Gasteiger partial charge is 0.370 e. The molecule has 1 aromatic heterocycles. The lowest BCUT2D eigenvalue weighted by atomic mass is 9.78. The zero-order chi connectivity index (χ0) is 15.0. The minimum absolute atomic E-state index is 0.0451. The Labute approximate surface area is 127 Å². The number of halogens is 1. The second-order valence-corrected chi connectivity index (χ2v) is 7.44. The Morgan fingerprint density at radius 2 is 2.05 bits per heavy atom. The van der Waals surface area contributed by atoms with Crippen molar-refractivity contribution in [3.8, 4) is 0 Å². The molecule has 0 aromatic carbocycles. The van der Waals surface area contributed by atoms with Gasteiger partial charge in [-0.15, -0.1) is 0 Å². The summed E-state index contributed by atoms with van der Waals surface area (Å²) in [5.74, 6) is 1.38. The van der Waals surface area contributed by atoms with Crippen LogP contribution >= 0.6 is 11.6 Å². The highest BCUT2D eigenvalue weighted by atomic mass is 35.5. The first-order chi connectivity index (χ1) is 9.27. The second-order valence-electron chi connectivity index (χ2n) is 7.05. The van der Waals surface area contributed by atoms with E-state index in [1.165, 1.54) is 6.42 Å². The average molecular weight is 297 g/mol. The molecule has 1 saturated carbocycles. The van der Waals surface area contributed by atoms with Crippen LogP contribution in [-0.4, -0.2) is 17.1 Å². The molecule has 3 nitrogen and oxygen atoms in total. The number of hydrogen-bond acceptors (Lipinski definition) is 3. The molecule has 0 spiro atoms. The molecule has 0 radical (unpaired) electrons. The van der Waals surface area contributed by atoms with E-state index < -0.39 is 0 Å². The fraction of sp³-hybridized carbons (Fsp3) is 0.750. The van der Waals surface area contributed by atoms with Gasteiger partial charge in [-0.05, 0) is 31.2 Å². The lowest BCUT2D eigenvalue weighted by molar-refractivity contribution is -0.0648. The summed E-state index contributed by atoms with van der Waals surface area (Å²) >= 11 is 6.22. The molecule has 0 saturated heterocycles. The summed E-state index contributed by atoms with van der Waals surface area (Å²) in [6.07, 6.45) is 4.33. The minimum Gasteiger partial charge on any atom is -0.370 e. The lowest BCUT2D eigenvalue weighted by Crippen LogP contribution is -2.36. The van der Waals surface area contributed by atoms with Crippen LogP contribution in [0.15, 0.2) is 6.07 Å². The summed E-state index contributed by atoms with van der Waals surface area (Å²) in [6.45, 7) is 8.68. The Hall–Kier alpha value is -0.670. The molecule has 0 N–H and O–H groups in total. The van der Waals surface area contributed by atoms with Gasteiger partial charge in [-0.2, -0.15) is 0 Å². The molecule has 1 aliphatic rings. The van der Waals surface area contributed by atoms with Gasteiger partial charge in [-0.25, -0.2) is 9.97 Å². The summed E-state index contributed by atoms with van der Waals surface area (Å²) in [5, 5.41) is 0.509. The molecule has 2 atom stereocenters. The predicted octanol–water partition coefficient (Wildman–Crippen LogP) is 4.48. The monoisotopic (exact) mass is 296 g/mol. The molecule has 1 aromatic rings. The van der Waals surface area contributed by atoms with E-state index in [1.807, 2.05) is 6.07 Å². The normalized spacial score (nSPS) is 27.6. The van der Waals surface area contributed by atoms with Crippen LogP contribution in [0, 0.1) is 5.92 Å². The molecule has 2 rings (SSSR count). The van der Waals surface area contributed by atoms with Gasteiger partial charge in [0.05, 0.1) is 5.69 Å². The number of methoxy groups -OCH3 is 1. The maximum atomic E-state index is 6.22. The molecule has 2 unspecified atom stereocenters. The SMILES string of the molecule is COC1(c2nc(Cl)cc(C(C)(C)C)n2)CCCC(C)C1. The smallest absolute Gasteiger partial charge is 0.162 e. The van der Waals surface area contributed by atoms with E-state index >= 15 is 0 Å². The van der Waals surface area contributed by atoms with Crippen molar-refractivity contribution in [1.29, 1.82) is 0 Å². The van der Waals surface area contributed by atoms with Crippen LogP contribution in [0.1, 0.15) is 64.9 Å².